The monoisotopic (exact) mass is 442 g/mol. The Morgan fingerprint density at radius 1 is 1.32 bits per heavy atom. The van der Waals surface area contributed by atoms with Crippen LogP contribution in [0.25, 0.3) is 10.6 Å². The topological polar surface area (TPSA) is 116 Å². The number of nitrogens with one attached hydrogen (secondary N) is 2. The van der Waals surface area contributed by atoms with E-state index in [1.54, 1.807) is 12.5 Å². The summed E-state index contributed by atoms with van der Waals surface area (Å²) in [5.74, 6) is -0.873. The van der Waals surface area contributed by atoms with Crippen molar-refractivity contribution in [3.63, 3.8) is 0 Å². The molecule has 0 saturated carbocycles. The second kappa shape index (κ2) is 9.15. The van der Waals surface area contributed by atoms with Crippen molar-refractivity contribution in [2.24, 2.45) is 0 Å². The zero-order valence-electron chi connectivity index (χ0n) is 14.8. The molecule has 148 valence electrons. The van der Waals surface area contributed by atoms with Crippen LogP contribution in [0.3, 0.4) is 0 Å². The lowest BCUT2D eigenvalue weighted by molar-refractivity contribution is 0.0991. The largest absolute Gasteiger partial charge is 0.488 e. The summed E-state index contributed by atoms with van der Waals surface area (Å²) >= 11 is 8.68. The number of nitrogens with zero attached hydrogens (tertiary/aromatic N) is 2. The summed E-state index contributed by atoms with van der Waals surface area (Å²) in [6.45, 7) is 0.822. The van der Waals surface area contributed by atoms with E-state index in [0.717, 1.165) is 16.9 Å². The molecule has 3 rings (SSSR count). The third-order valence-electron chi connectivity index (χ3n) is 3.45. The van der Waals surface area contributed by atoms with Crippen LogP contribution >= 0.6 is 34.3 Å². The maximum absolute atomic E-state index is 12.5. The number of carbonyl (C=O) groups is 1. The Morgan fingerprint density at radius 2 is 2.14 bits per heavy atom. The third kappa shape index (κ3) is 4.50. The number of methoxy groups -OCH3 is 2. The van der Waals surface area contributed by atoms with Crippen LogP contribution in [0.1, 0.15) is 10.6 Å². The smallest absolute Gasteiger partial charge is 0.381 e. The Kier molecular flexibility index (Phi) is 6.62. The van der Waals surface area contributed by atoms with E-state index in [2.05, 4.69) is 20.8 Å². The minimum absolute atomic E-state index is 0.0297. The van der Waals surface area contributed by atoms with Crippen LogP contribution in [-0.4, -0.2) is 43.5 Å². The van der Waals surface area contributed by atoms with Crippen LogP contribution in [0.15, 0.2) is 26.0 Å². The summed E-state index contributed by atoms with van der Waals surface area (Å²) < 4.78 is 15.1. The quantitative estimate of drug-likeness (QED) is 0.511. The van der Waals surface area contributed by atoms with E-state index in [1.165, 1.54) is 24.5 Å². The Morgan fingerprint density at radius 3 is 2.82 bits per heavy atom. The molecule has 28 heavy (non-hydrogen) atoms. The number of amides is 1. The van der Waals surface area contributed by atoms with Gasteiger partial charge in [0, 0.05) is 36.0 Å². The lowest BCUT2D eigenvalue weighted by Gasteiger charge is -2.10. The highest BCUT2D eigenvalue weighted by Crippen LogP contribution is 2.34. The predicted molar refractivity (Wildman–Crippen MR) is 108 cm³/mol. The molecule has 1 amide bonds. The summed E-state index contributed by atoms with van der Waals surface area (Å²) in [4.78, 5) is 24.6. The molecule has 9 nitrogen and oxygen atoms in total. The second-order valence-corrected chi connectivity index (χ2v) is 7.39. The molecule has 3 aromatic heterocycles. The van der Waals surface area contributed by atoms with Crippen LogP contribution in [-0.2, 0) is 4.74 Å². The molecule has 0 saturated heterocycles. The highest BCUT2D eigenvalue weighted by molar-refractivity contribution is 7.19. The summed E-state index contributed by atoms with van der Waals surface area (Å²) in [6, 6.07) is 1.38. The Labute approximate surface area is 172 Å². The molecule has 0 aliphatic carbocycles. The van der Waals surface area contributed by atoms with Crippen molar-refractivity contribution in [3.05, 3.63) is 38.0 Å². The zero-order chi connectivity index (χ0) is 20.1. The standard InChI is InChI=1S/C16H15ClN4O5S2/c1-24-4-3-18-10-5-11(26-15(23)12(10)25-2)13(22)19-16-21-20-14(28-16)8-6-27-7-9(8)17/h5-7,18H,3-4H2,1-2H3,(H,19,21,22). The van der Waals surface area contributed by atoms with Crippen LogP contribution in [0.2, 0.25) is 5.02 Å². The first-order valence-electron chi connectivity index (χ1n) is 7.85. The fraction of sp³-hybridized carbons (Fsp3) is 0.250. The molecule has 12 heteroatoms. The van der Waals surface area contributed by atoms with Gasteiger partial charge in [-0.25, -0.2) is 4.79 Å². The Bertz CT molecular complexity index is 1030. The van der Waals surface area contributed by atoms with Gasteiger partial charge in [0.1, 0.15) is 0 Å². The van der Waals surface area contributed by atoms with E-state index in [1.807, 2.05) is 5.38 Å². The van der Waals surface area contributed by atoms with Crippen molar-refractivity contribution in [1.82, 2.24) is 10.2 Å². The van der Waals surface area contributed by atoms with Gasteiger partial charge in [-0.15, -0.1) is 10.2 Å². The predicted octanol–water partition coefficient (Wildman–Crippen LogP) is 3.19. The summed E-state index contributed by atoms with van der Waals surface area (Å²) in [5, 5.41) is 18.5. The maximum Gasteiger partial charge on any atom is 0.381 e. The van der Waals surface area contributed by atoms with Gasteiger partial charge in [0.15, 0.2) is 10.8 Å². The Balaban J connectivity index is 1.80. The normalized spacial score (nSPS) is 10.7. The molecular weight excluding hydrogens is 428 g/mol. The second-order valence-electron chi connectivity index (χ2n) is 5.26. The minimum atomic E-state index is -0.780. The van der Waals surface area contributed by atoms with Gasteiger partial charge in [0.2, 0.25) is 10.9 Å². The summed E-state index contributed by atoms with van der Waals surface area (Å²) in [5.41, 5.74) is 0.285. The van der Waals surface area contributed by atoms with Crippen molar-refractivity contribution in [3.8, 4) is 16.3 Å². The first kappa shape index (κ1) is 20.3. The molecule has 3 aromatic rings. The van der Waals surface area contributed by atoms with Crippen molar-refractivity contribution in [2.45, 2.75) is 0 Å². The number of halogens is 1. The van der Waals surface area contributed by atoms with Crippen LogP contribution in [0.5, 0.6) is 5.75 Å². The molecule has 0 aliphatic rings. The number of thiophene rings is 1. The van der Waals surface area contributed by atoms with Gasteiger partial charge in [0.25, 0.3) is 5.91 Å². The van der Waals surface area contributed by atoms with Crippen LogP contribution in [0, 0.1) is 0 Å². The summed E-state index contributed by atoms with van der Waals surface area (Å²) in [6.07, 6.45) is 0. The maximum atomic E-state index is 12.5. The van der Waals surface area contributed by atoms with Gasteiger partial charge >= 0.3 is 5.63 Å². The number of hydrogen-bond acceptors (Lipinski definition) is 10. The van der Waals surface area contributed by atoms with Gasteiger partial charge in [0.05, 0.1) is 24.4 Å². The average Bonchev–Trinajstić information content (AvgIpc) is 3.30. The molecule has 0 aliphatic heterocycles. The van der Waals surface area contributed by atoms with Gasteiger partial charge in [-0.3, -0.25) is 10.1 Å². The molecular formula is C16H15ClN4O5S2. The van der Waals surface area contributed by atoms with Crippen molar-refractivity contribution < 1.29 is 18.7 Å². The number of rotatable bonds is 8. The van der Waals surface area contributed by atoms with Gasteiger partial charge < -0.3 is 19.2 Å². The fourth-order valence-corrected chi connectivity index (χ4v) is 4.13. The molecule has 3 heterocycles. The van der Waals surface area contributed by atoms with Crippen LogP contribution in [0.4, 0.5) is 10.8 Å². The molecule has 0 aromatic carbocycles. The first-order valence-corrected chi connectivity index (χ1v) is 9.99. The fourth-order valence-electron chi connectivity index (χ4n) is 2.18. The van der Waals surface area contributed by atoms with Gasteiger partial charge in [-0.1, -0.05) is 22.9 Å². The van der Waals surface area contributed by atoms with E-state index in [4.69, 9.17) is 25.5 Å². The molecule has 2 N–H and O–H groups in total. The summed E-state index contributed by atoms with van der Waals surface area (Å²) in [7, 11) is 2.89. The molecule has 0 fully saturated rings. The average molecular weight is 443 g/mol. The first-order chi connectivity index (χ1) is 13.5. The van der Waals surface area contributed by atoms with Gasteiger partial charge in [-0.2, -0.15) is 11.3 Å². The van der Waals surface area contributed by atoms with E-state index < -0.39 is 11.5 Å². The molecule has 0 radical (unpaired) electrons. The lowest BCUT2D eigenvalue weighted by Crippen LogP contribution is -2.18. The minimum Gasteiger partial charge on any atom is -0.488 e. The third-order valence-corrected chi connectivity index (χ3v) is 5.51. The van der Waals surface area contributed by atoms with E-state index in [-0.39, 0.29) is 16.6 Å². The number of aromatic nitrogens is 2. The number of ether oxygens (including phenoxy) is 2. The molecule has 0 unspecified atom stereocenters. The van der Waals surface area contributed by atoms with E-state index in [0.29, 0.717) is 28.9 Å². The number of hydrogen-bond donors (Lipinski definition) is 2. The molecule has 0 bridgehead atoms. The lowest BCUT2D eigenvalue weighted by atomic mass is 10.3. The molecule has 0 spiro atoms. The van der Waals surface area contributed by atoms with Gasteiger partial charge in [-0.05, 0) is 0 Å². The number of anilines is 2. The van der Waals surface area contributed by atoms with Crippen molar-refractivity contribution in [2.75, 3.05) is 38.0 Å². The SMILES string of the molecule is COCCNc1cc(C(=O)Nc2nnc(-c3cscc3Cl)s2)oc(=O)c1OC. The van der Waals surface area contributed by atoms with Crippen molar-refractivity contribution in [1.29, 1.82) is 0 Å². The van der Waals surface area contributed by atoms with Crippen LogP contribution < -0.4 is 21.0 Å². The zero-order valence-corrected chi connectivity index (χ0v) is 17.2. The van der Waals surface area contributed by atoms with Crippen molar-refractivity contribution >= 4 is 51.0 Å². The number of carbonyl (C=O) groups excluding carboxylic acids is 1. The highest BCUT2D eigenvalue weighted by Gasteiger charge is 2.19. The Hall–Kier alpha value is -2.47. The molecule has 0 atom stereocenters. The van der Waals surface area contributed by atoms with E-state index in [9.17, 15) is 9.59 Å². The highest BCUT2D eigenvalue weighted by atomic mass is 35.5. The van der Waals surface area contributed by atoms with E-state index >= 15 is 0 Å².